The van der Waals surface area contributed by atoms with E-state index in [0.717, 1.165) is 4.90 Å². The third-order valence-corrected chi connectivity index (χ3v) is 1.68. The minimum absolute atomic E-state index is 0.113. The lowest BCUT2D eigenvalue weighted by atomic mass is 10.5. The van der Waals surface area contributed by atoms with Gasteiger partial charge in [0.1, 0.15) is 5.82 Å². The number of carbonyl (C=O) groups is 2. The third kappa shape index (κ3) is 1.95. The standard InChI is InChI=1S/C8H12N4O2/c1-4-7-9-8(11-10-7)12(5(2)13)6(3)14/h4H2,1-3H3,(H,9,10,11). The highest BCUT2D eigenvalue weighted by Crippen LogP contribution is 2.07. The summed E-state index contributed by atoms with van der Waals surface area (Å²) >= 11 is 0. The van der Waals surface area contributed by atoms with Crippen LogP contribution in [-0.4, -0.2) is 27.0 Å². The average molecular weight is 196 g/mol. The first-order chi connectivity index (χ1) is 6.56. The van der Waals surface area contributed by atoms with Gasteiger partial charge < -0.3 is 0 Å². The number of rotatable bonds is 2. The first-order valence-corrected chi connectivity index (χ1v) is 4.28. The first-order valence-electron chi connectivity index (χ1n) is 4.28. The van der Waals surface area contributed by atoms with Crippen LogP contribution in [0.1, 0.15) is 26.6 Å². The van der Waals surface area contributed by atoms with Gasteiger partial charge in [0, 0.05) is 20.3 Å². The molecule has 2 amide bonds. The van der Waals surface area contributed by atoms with E-state index in [1.54, 1.807) is 0 Å². The van der Waals surface area contributed by atoms with Gasteiger partial charge in [-0.3, -0.25) is 14.7 Å². The Bertz CT molecular complexity index is 344. The summed E-state index contributed by atoms with van der Waals surface area (Å²) in [6.45, 7) is 4.49. The number of H-pyrrole nitrogens is 1. The van der Waals surface area contributed by atoms with Gasteiger partial charge in [-0.15, -0.1) is 5.10 Å². The topological polar surface area (TPSA) is 79.0 Å². The molecule has 0 aliphatic carbocycles. The molecule has 6 heteroatoms. The molecule has 0 atom stereocenters. The highest BCUT2D eigenvalue weighted by Gasteiger charge is 2.20. The van der Waals surface area contributed by atoms with Gasteiger partial charge in [0.05, 0.1) is 0 Å². The summed E-state index contributed by atoms with van der Waals surface area (Å²) in [6.07, 6.45) is 0.677. The Hall–Kier alpha value is -1.72. The first kappa shape index (κ1) is 10.4. The molecule has 0 saturated heterocycles. The molecular weight excluding hydrogens is 184 g/mol. The number of imide groups is 1. The van der Waals surface area contributed by atoms with Crippen LogP contribution in [0.15, 0.2) is 0 Å². The van der Waals surface area contributed by atoms with Crippen LogP contribution in [-0.2, 0) is 16.0 Å². The Labute approximate surface area is 81.3 Å². The van der Waals surface area contributed by atoms with Crippen molar-refractivity contribution in [3.8, 4) is 0 Å². The molecule has 0 fully saturated rings. The number of aromatic amines is 1. The number of aromatic nitrogens is 3. The summed E-state index contributed by atoms with van der Waals surface area (Å²) in [5.41, 5.74) is 0. The minimum Gasteiger partial charge on any atom is -0.274 e. The van der Waals surface area contributed by atoms with Crippen molar-refractivity contribution in [1.29, 1.82) is 0 Å². The monoisotopic (exact) mass is 196 g/mol. The number of nitrogens with zero attached hydrogens (tertiary/aromatic N) is 3. The number of hydrogen-bond donors (Lipinski definition) is 1. The Morgan fingerprint density at radius 3 is 2.29 bits per heavy atom. The van der Waals surface area contributed by atoms with E-state index >= 15 is 0 Å². The van der Waals surface area contributed by atoms with Crippen LogP contribution in [0.3, 0.4) is 0 Å². The number of anilines is 1. The van der Waals surface area contributed by atoms with Gasteiger partial charge in [0.25, 0.3) is 5.95 Å². The minimum atomic E-state index is -0.390. The maximum atomic E-state index is 11.1. The predicted octanol–water partition coefficient (Wildman–Crippen LogP) is 0.266. The molecule has 0 spiro atoms. The zero-order valence-electron chi connectivity index (χ0n) is 8.37. The van der Waals surface area contributed by atoms with Gasteiger partial charge in [-0.25, -0.2) is 4.90 Å². The Morgan fingerprint density at radius 1 is 1.36 bits per heavy atom. The molecule has 1 heterocycles. The average Bonchev–Trinajstić information content (AvgIpc) is 2.51. The van der Waals surface area contributed by atoms with Crippen LogP contribution < -0.4 is 4.90 Å². The van der Waals surface area contributed by atoms with Crippen LogP contribution in [0.25, 0.3) is 0 Å². The van der Waals surface area contributed by atoms with E-state index in [0.29, 0.717) is 12.2 Å². The molecular formula is C8H12N4O2. The van der Waals surface area contributed by atoms with E-state index in [1.807, 2.05) is 6.92 Å². The Balaban J connectivity index is 2.99. The van der Waals surface area contributed by atoms with Crippen molar-refractivity contribution in [2.45, 2.75) is 27.2 Å². The second-order valence-corrected chi connectivity index (χ2v) is 2.81. The maximum absolute atomic E-state index is 11.1. The van der Waals surface area contributed by atoms with Crippen molar-refractivity contribution >= 4 is 17.8 Å². The molecule has 14 heavy (non-hydrogen) atoms. The van der Waals surface area contributed by atoms with Gasteiger partial charge in [-0.05, 0) is 0 Å². The number of hydrogen-bond acceptors (Lipinski definition) is 4. The lowest BCUT2D eigenvalue weighted by Gasteiger charge is -2.11. The lowest BCUT2D eigenvalue weighted by Crippen LogP contribution is -2.34. The second kappa shape index (κ2) is 3.99. The molecule has 1 rings (SSSR count). The summed E-state index contributed by atoms with van der Waals surface area (Å²) in [7, 11) is 0. The van der Waals surface area contributed by atoms with Crippen molar-refractivity contribution in [2.75, 3.05) is 4.90 Å². The zero-order chi connectivity index (χ0) is 10.7. The Morgan fingerprint density at radius 2 is 1.93 bits per heavy atom. The largest absolute Gasteiger partial charge is 0.274 e. The van der Waals surface area contributed by atoms with Gasteiger partial charge in [-0.1, -0.05) is 6.92 Å². The van der Waals surface area contributed by atoms with Crippen LogP contribution >= 0.6 is 0 Å². The molecule has 6 nitrogen and oxygen atoms in total. The fraction of sp³-hybridized carbons (Fsp3) is 0.500. The van der Waals surface area contributed by atoms with Crippen LogP contribution in [0, 0.1) is 0 Å². The summed E-state index contributed by atoms with van der Waals surface area (Å²) in [5, 5.41) is 6.42. The molecule has 1 N–H and O–H groups in total. The van der Waals surface area contributed by atoms with Crippen LogP contribution in [0.5, 0.6) is 0 Å². The van der Waals surface area contributed by atoms with E-state index in [4.69, 9.17) is 0 Å². The number of aryl methyl sites for hydroxylation is 1. The fourth-order valence-electron chi connectivity index (χ4n) is 1.05. The predicted molar refractivity (Wildman–Crippen MR) is 49.6 cm³/mol. The number of nitrogens with one attached hydrogen (secondary N) is 1. The van der Waals surface area contributed by atoms with E-state index in [1.165, 1.54) is 13.8 Å². The molecule has 0 saturated carbocycles. The lowest BCUT2D eigenvalue weighted by molar-refractivity contribution is -0.124. The Kier molecular flexibility index (Phi) is 2.95. The van der Waals surface area contributed by atoms with Crippen molar-refractivity contribution in [3.05, 3.63) is 5.82 Å². The van der Waals surface area contributed by atoms with Gasteiger partial charge in [0.15, 0.2) is 0 Å². The van der Waals surface area contributed by atoms with Crippen LogP contribution in [0.4, 0.5) is 5.95 Å². The molecule has 1 aromatic heterocycles. The molecule has 0 aromatic carbocycles. The van der Waals surface area contributed by atoms with E-state index in [9.17, 15) is 9.59 Å². The van der Waals surface area contributed by atoms with Gasteiger partial charge >= 0.3 is 0 Å². The SMILES string of the molecule is CCc1nc(N(C(C)=O)C(C)=O)n[nH]1. The summed E-state index contributed by atoms with van der Waals surface area (Å²) in [5.74, 6) is -0.0207. The van der Waals surface area contributed by atoms with Crippen molar-refractivity contribution in [3.63, 3.8) is 0 Å². The molecule has 0 radical (unpaired) electrons. The van der Waals surface area contributed by atoms with Crippen molar-refractivity contribution in [2.24, 2.45) is 0 Å². The highest BCUT2D eigenvalue weighted by molar-refractivity contribution is 6.11. The van der Waals surface area contributed by atoms with Gasteiger partial charge in [-0.2, -0.15) is 4.98 Å². The quantitative estimate of drug-likeness (QED) is 0.736. The molecule has 0 aliphatic rings. The zero-order valence-corrected chi connectivity index (χ0v) is 8.37. The fourth-order valence-corrected chi connectivity index (χ4v) is 1.05. The van der Waals surface area contributed by atoms with E-state index in [-0.39, 0.29) is 17.8 Å². The molecule has 0 aliphatic heterocycles. The third-order valence-electron chi connectivity index (χ3n) is 1.68. The smallest absolute Gasteiger partial charge is 0.258 e. The molecule has 76 valence electrons. The van der Waals surface area contributed by atoms with Crippen molar-refractivity contribution < 1.29 is 9.59 Å². The maximum Gasteiger partial charge on any atom is 0.258 e. The second-order valence-electron chi connectivity index (χ2n) is 2.81. The van der Waals surface area contributed by atoms with Crippen LogP contribution in [0.2, 0.25) is 0 Å². The van der Waals surface area contributed by atoms with E-state index in [2.05, 4.69) is 15.2 Å². The highest BCUT2D eigenvalue weighted by atomic mass is 16.2. The number of amides is 2. The number of carbonyl (C=O) groups excluding carboxylic acids is 2. The summed E-state index contributed by atoms with van der Waals surface area (Å²) < 4.78 is 0. The van der Waals surface area contributed by atoms with E-state index < -0.39 is 0 Å². The summed E-state index contributed by atoms with van der Waals surface area (Å²) in [6, 6.07) is 0. The normalized spacial score (nSPS) is 9.93. The molecule has 0 unspecified atom stereocenters. The summed E-state index contributed by atoms with van der Waals surface area (Å²) in [4.78, 5) is 27.1. The van der Waals surface area contributed by atoms with Crippen molar-refractivity contribution in [1.82, 2.24) is 15.2 Å². The molecule has 1 aromatic rings. The van der Waals surface area contributed by atoms with Gasteiger partial charge in [0.2, 0.25) is 11.8 Å². The molecule has 0 bridgehead atoms.